The predicted octanol–water partition coefficient (Wildman–Crippen LogP) is 5.13. The number of carbonyl (C=O) groups is 1. The average molecular weight is 515 g/mol. The summed E-state index contributed by atoms with van der Waals surface area (Å²) in [5.74, 6) is 1.06. The highest BCUT2D eigenvalue weighted by Gasteiger charge is 2.15. The Morgan fingerprint density at radius 2 is 1.62 bits per heavy atom. The third kappa shape index (κ3) is 7.49. The van der Waals surface area contributed by atoms with Gasteiger partial charge in [-0.3, -0.25) is 9.52 Å². The molecule has 0 bridgehead atoms. The average Bonchev–Trinajstić information content (AvgIpc) is 2.87. The lowest BCUT2D eigenvalue weighted by molar-refractivity contribution is -0.111. The molecule has 0 spiro atoms. The van der Waals surface area contributed by atoms with Gasteiger partial charge < -0.3 is 10.1 Å². The summed E-state index contributed by atoms with van der Waals surface area (Å²) in [6.07, 6.45) is 3.09. The maximum atomic E-state index is 12.7. The molecule has 0 fully saturated rings. The van der Waals surface area contributed by atoms with Crippen LogP contribution in [-0.2, 0) is 21.4 Å². The molecule has 4 rings (SSSR count). The van der Waals surface area contributed by atoms with E-state index in [2.05, 4.69) is 20.0 Å². The van der Waals surface area contributed by atoms with Crippen molar-refractivity contribution in [2.45, 2.75) is 25.3 Å². The van der Waals surface area contributed by atoms with Gasteiger partial charge in [0, 0.05) is 23.5 Å². The van der Waals surface area contributed by atoms with Gasteiger partial charge >= 0.3 is 0 Å². The van der Waals surface area contributed by atoms with Gasteiger partial charge in [-0.2, -0.15) is 0 Å². The minimum atomic E-state index is -3.84. The van der Waals surface area contributed by atoms with Crippen LogP contribution in [0.15, 0.2) is 95.9 Å². The number of sulfonamides is 1. The number of carbonyl (C=O) groups excluding carboxylic acids is 1. The van der Waals surface area contributed by atoms with Crippen LogP contribution in [-0.4, -0.2) is 24.3 Å². The third-order valence-corrected chi connectivity index (χ3v) is 6.56. The normalized spacial score (nSPS) is 11.3. The van der Waals surface area contributed by atoms with Gasteiger partial charge in [0.25, 0.3) is 10.0 Å². The van der Waals surface area contributed by atoms with E-state index in [1.807, 2.05) is 54.6 Å². The standard InChI is InChI=1S/C28H26N4O4S/c1-20-18-27(30-21(2)29-20)32-37(34,35)26-15-11-24(12-16-26)31-28(33)17-10-22-8-13-25(14-9-22)36-19-23-6-4-3-5-7-23/h3-18H,19H2,1-2H3,(H,31,33)(H,29,30,32)/b17-10+. The molecule has 2 N–H and O–H groups in total. The zero-order chi connectivity index (χ0) is 26.3. The lowest BCUT2D eigenvalue weighted by Gasteiger charge is -2.09. The Morgan fingerprint density at radius 3 is 2.30 bits per heavy atom. The molecule has 0 radical (unpaired) electrons. The van der Waals surface area contributed by atoms with Gasteiger partial charge in [-0.05, 0) is 67.4 Å². The van der Waals surface area contributed by atoms with E-state index in [4.69, 9.17) is 4.74 Å². The zero-order valence-electron chi connectivity index (χ0n) is 20.4. The van der Waals surface area contributed by atoms with Crippen molar-refractivity contribution in [2.24, 2.45) is 0 Å². The van der Waals surface area contributed by atoms with Gasteiger partial charge in [0.15, 0.2) is 0 Å². The fraction of sp³-hybridized carbons (Fsp3) is 0.107. The first-order valence-electron chi connectivity index (χ1n) is 11.5. The maximum absolute atomic E-state index is 12.7. The van der Waals surface area contributed by atoms with Crippen molar-refractivity contribution in [3.8, 4) is 5.75 Å². The van der Waals surface area contributed by atoms with E-state index >= 15 is 0 Å². The van der Waals surface area contributed by atoms with E-state index in [0.717, 1.165) is 16.9 Å². The first kappa shape index (κ1) is 25.6. The second-order valence-corrected chi connectivity index (χ2v) is 9.92. The number of amides is 1. The Morgan fingerprint density at radius 1 is 0.919 bits per heavy atom. The van der Waals surface area contributed by atoms with Crippen LogP contribution >= 0.6 is 0 Å². The van der Waals surface area contributed by atoms with Gasteiger partial charge in [-0.15, -0.1) is 0 Å². The quantitative estimate of drug-likeness (QED) is 0.300. The summed E-state index contributed by atoms with van der Waals surface area (Å²) < 4.78 is 33.6. The van der Waals surface area contributed by atoms with Crippen molar-refractivity contribution >= 4 is 33.5 Å². The molecule has 0 saturated carbocycles. The summed E-state index contributed by atoms with van der Waals surface area (Å²) in [4.78, 5) is 20.6. The number of anilines is 2. The summed E-state index contributed by atoms with van der Waals surface area (Å²) in [5.41, 5.74) is 3.04. The molecule has 4 aromatic rings. The fourth-order valence-electron chi connectivity index (χ4n) is 3.46. The number of hydrogen-bond acceptors (Lipinski definition) is 6. The van der Waals surface area contributed by atoms with Crippen molar-refractivity contribution < 1.29 is 17.9 Å². The summed E-state index contributed by atoms with van der Waals surface area (Å²) in [7, 11) is -3.84. The molecule has 1 aromatic heterocycles. The van der Waals surface area contributed by atoms with Gasteiger partial charge in [0.2, 0.25) is 5.91 Å². The lowest BCUT2D eigenvalue weighted by Crippen LogP contribution is -2.15. The van der Waals surface area contributed by atoms with Crippen molar-refractivity contribution in [1.82, 2.24) is 9.97 Å². The number of nitrogens with one attached hydrogen (secondary N) is 2. The number of benzene rings is 3. The molecular formula is C28H26N4O4S. The molecular weight excluding hydrogens is 488 g/mol. The summed E-state index contributed by atoms with van der Waals surface area (Å²) in [6, 6.07) is 24.7. The predicted molar refractivity (Wildman–Crippen MR) is 144 cm³/mol. The van der Waals surface area contributed by atoms with E-state index in [9.17, 15) is 13.2 Å². The largest absolute Gasteiger partial charge is 0.489 e. The molecule has 0 aliphatic heterocycles. The third-order valence-electron chi connectivity index (χ3n) is 5.19. The van der Waals surface area contributed by atoms with Gasteiger partial charge in [0.05, 0.1) is 4.90 Å². The van der Waals surface area contributed by atoms with Crippen LogP contribution in [0.4, 0.5) is 11.5 Å². The first-order valence-corrected chi connectivity index (χ1v) is 13.0. The second kappa shape index (κ2) is 11.5. The summed E-state index contributed by atoms with van der Waals surface area (Å²) in [5, 5.41) is 2.72. The lowest BCUT2D eigenvalue weighted by atomic mass is 10.2. The molecule has 8 nitrogen and oxygen atoms in total. The molecule has 188 valence electrons. The molecule has 0 aliphatic rings. The Bertz CT molecular complexity index is 1480. The van der Waals surface area contributed by atoms with E-state index in [-0.39, 0.29) is 16.6 Å². The number of aromatic nitrogens is 2. The molecule has 0 saturated heterocycles. The van der Waals surface area contributed by atoms with Gasteiger partial charge in [-0.25, -0.2) is 18.4 Å². The smallest absolute Gasteiger partial charge is 0.263 e. The molecule has 1 heterocycles. The monoisotopic (exact) mass is 514 g/mol. The molecule has 1 amide bonds. The van der Waals surface area contributed by atoms with Crippen molar-refractivity contribution in [2.75, 3.05) is 10.0 Å². The Hall–Kier alpha value is -4.50. The Kier molecular flexibility index (Phi) is 7.95. The molecule has 9 heteroatoms. The highest BCUT2D eigenvalue weighted by molar-refractivity contribution is 7.92. The topological polar surface area (TPSA) is 110 Å². The number of rotatable bonds is 9. The van der Waals surface area contributed by atoms with Crippen LogP contribution in [0, 0.1) is 13.8 Å². The fourth-order valence-corrected chi connectivity index (χ4v) is 4.45. The van der Waals surface area contributed by atoms with Gasteiger partial charge in [-0.1, -0.05) is 42.5 Å². The number of hydrogen-bond donors (Lipinski definition) is 2. The van der Waals surface area contributed by atoms with Gasteiger partial charge in [0.1, 0.15) is 24.0 Å². The molecule has 0 unspecified atom stereocenters. The molecule has 0 atom stereocenters. The SMILES string of the molecule is Cc1cc(NS(=O)(=O)c2ccc(NC(=O)/C=C/c3ccc(OCc4ccccc4)cc3)cc2)nc(C)n1. The van der Waals surface area contributed by atoms with Crippen molar-refractivity contribution in [3.05, 3.63) is 114 Å². The minimum Gasteiger partial charge on any atom is -0.489 e. The molecule has 37 heavy (non-hydrogen) atoms. The number of aryl methyl sites for hydroxylation is 2. The van der Waals surface area contributed by atoms with Crippen molar-refractivity contribution in [3.63, 3.8) is 0 Å². The van der Waals surface area contributed by atoms with Crippen LogP contribution in [0.5, 0.6) is 5.75 Å². The number of ether oxygens (including phenoxy) is 1. The molecule has 3 aromatic carbocycles. The zero-order valence-corrected chi connectivity index (χ0v) is 21.2. The highest BCUT2D eigenvalue weighted by atomic mass is 32.2. The van der Waals surface area contributed by atoms with E-state index < -0.39 is 10.0 Å². The van der Waals surface area contributed by atoms with E-state index in [1.165, 1.54) is 30.3 Å². The summed E-state index contributed by atoms with van der Waals surface area (Å²) in [6.45, 7) is 3.93. The Balaban J connectivity index is 1.31. The van der Waals surface area contributed by atoms with Crippen LogP contribution in [0.2, 0.25) is 0 Å². The minimum absolute atomic E-state index is 0.0459. The summed E-state index contributed by atoms with van der Waals surface area (Å²) >= 11 is 0. The van der Waals surface area contributed by atoms with Crippen molar-refractivity contribution in [1.29, 1.82) is 0 Å². The van der Waals surface area contributed by atoms with Crippen LogP contribution in [0.3, 0.4) is 0 Å². The Labute approximate surface area is 216 Å². The van der Waals surface area contributed by atoms with Crippen LogP contribution in [0.25, 0.3) is 6.08 Å². The highest BCUT2D eigenvalue weighted by Crippen LogP contribution is 2.19. The number of nitrogens with zero attached hydrogens (tertiary/aromatic N) is 2. The van der Waals surface area contributed by atoms with Crippen LogP contribution < -0.4 is 14.8 Å². The van der Waals surface area contributed by atoms with Crippen LogP contribution in [0.1, 0.15) is 22.6 Å². The molecule has 0 aliphatic carbocycles. The second-order valence-electron chi connectivity index (χ2n) is 8.24. The first-order chi connectivity index (χ1) is 17.8. The van der Waals surface area contributed by atoms with E-state index in [0.29, 0.717) is 23.8 Å². The van der Waals surface area contributed by atoms with E-state index in [1.54, 1.807) is 26.0 Å². The maximum Gasteiger partial charge on any atom is 0.263 e.